The van der Waals surface area contributed by atoms with Crippen LogP contribution in [-0.2, 0) is 6.42 Å². The second kappa shape index (κ2) is 10.8. The van der Waals surface area contributed by atoms with E-state index in [1.165, 1.54) is 55.6 Å². The number of likely N-dealkylation sites (tertiary alicyclic amines) is 1. The van der Waals surface area contributed by atoms with Crippen LogP contribution in [0.1, 0.15) is 67.8 Å². The van der Waals surface area contributed by atoms with Crippen LogP contribution < -0.4 is 10.2 Å². The SMILES string of the molecule is CC[C@H]1c2c([nH]c3nnc(-c4ccccc4O)cc23)CCN1c1ncc(C2CCN(C3CCNCC3)CC2)cn1. The van der Waals surface area contributed by atoms with Crippen molar-refractivity contribution in [3.8, 4) is 17.0 Å². The van der Waals surface area contributed by atoms with Crippen LogP contribution in [-0.4, -0.2) is 73.9 Å². The highest BCUT2D eigenvalue weighted by atomic mass is 16.3. The van der Waals surface area contributed by atoms with Gasteiger partial charge in [-0.1, -0.05) is 19.1 Å². The molecule has 0 aliphatic carbocycles. The number of fused-ring (bicyclic) bond motifs is 3. The number of hydrogen-bond acceptors (Lipinski definition) is 8. The molecule has 9 heteroatoms. The van der Waals surface area contributed by atoms with E-state index < -0.39 is 0 Å². The van der Waals surface area contributed by atoms with Crippen molar-refractivity contribution in [1.29, 1.82) is 0 Å². The number of aromatic amines is 1. The van der Waals surface area contributed by atoms with Crippen LogP contribution in [0.2, 0.25) is 0 Å². The number of hydrogen-bond donors (Lipinski definition) is 3. The minimum absolute atomic E-state index is 0.137. The molecule has 0 bridgehead atoms. The number of nitrogens with one attached hydrogen (secondary N) is 2. The molecule has 0 saturated carbocycles. The molecule has 9 nitrogen and oxygen atoms in total. The normalized spacial score (nSPS) is 21.1. The number of nitrogens with zero attached hydrogens (tertiary/aromatic N) is 6. The fourth-order valence-corrected chi connectivity index (χ4v) is 7.13. The van der Waals surface area contributed by atoms with Crippen LogP contribution in [0.3, 0.4) is 0 Å². The van der Waals surface area contributed by atoms with Gasteiger partial charge in [-0.25, -0.2) is 9.97 Å². The Balaban J connectivity index is 1.11. The summed E-state index contributed by atoms with van der Waals surface area (Å²) in [4.78, 5) is 18.4. The van der Waals surface area contributed by atoms with Crippen molar-refractivity contribution >= 4 is 17.0 Å². The van der Waals surface area contributed by atoms with Gasteiger partial charge in [-0.2, -0.15) is 0 Å². The Morgan fingerprint density at radius 3 is 2.50 bits per heavy atom. The molecule has 1 atom stereocenters. The number of anilines is 1. The summed E-state index contributed by atoms with van der Waals surface area (Å²) < 4.78 is 0. The van der Waals surface area contributed by atoms with E-state index in [2.05, 4.69) is 55.7 Å². The molecular formula is C31H38N8O. The zero-order valence-corrected chi connectivity index (χ0v) is 23.2. The fourth-order valence-electron chi connectivity index (χ4n) is 7.13. The van der Waals surface area contributed by atoms with Crippen molar-refractivity contribution in [2.45, 2.75) is 63.5 Å². The molecule has 0 spiro atoms. The minimum atomic E-state index is 0.137. The first-order valence-electron chi connectivity index (χ1n) is 14.9. The molecule has 7 rings (SSSR count). The van der Waals surface area contributed by atoms with Gasteiger partial charge in [0.05, 0.1) is 11.7 Å². The number of phenolic OH excluding ortho intramolecular Hbond substituents is 1. The van der Waals surface area contributed by atoms with Crippen molar-refractivity contribution in [2.75, 3.05) is 37.6 Å². The first kappa shape index (κ1) is 25.4. The summed E-state index contributed by atoms with van der Waals surface area (Å²) in [6.45, 7) is 7.73. The number of aromatic nitrogens is 5. The van der Waals surface area contributed by atoms with Crippen molar-refractivity contribution in [3.05, 3.63) is 59.5 Å². The zero-order chi connectivity index (χ0) is 27.1. The molecule has 3 aliphatic rings. The van der Waals surface area contributed by atoms with E-state index in [-0.39, 0.29) is 11.8 Å². The van der Waals surface area contributed by atoms with Crippen LogP contribution in [0.5, 0.6) is 5.75 Å². The number of benzene rings is 1. The van der Waals surface area contributed by atoms with E-state index in [1.54, 1.807) is 6.07 Å². The van der Waals surface area contributed by atoms with E-state index in [0.29, 0.717) is 17.2 Å². The Hall–Kier alpha value is -3.56. The predicted molar refractivity (Wildman–Crippen MR) is 157 cm³/mol. The van der Waals surface area contributed by atoms with E-state index in [9.17, 15) is 5.11 Å². The van der Waals surface area contributed by atoms with Crippen LogP contribution in [0.15, 0.2) is 42.7 Å². The number of piperidine rings is 2. The minimum Gasteiger partial charge on any atom is -0.507 e. The molecule has 2 saturated heterocycles. The second-order valence-electron chi connectivity index (χ2n) is 11.5. The van der Waals surface area contributed by atoms with Gasteiger partial charge in [0, 0.05) is 53.6 Å². The third-order valence-electron chi connectivity index (χ3n) is 9.30. The molecule has 3 aromatic heterocycles. The lowest BCUT2D eigenvalue weighted by atomic mass is 9.89. The summed E-state index contributed by atoms with van der Waals surface area (Å²) in [5.74, 6) is 1.55. The van der Waals surface area contributed by atoms with Crippen molar-refractivity contribution in [1.82, 2.24) is 35.4 Å². The van der Waals surface area contributed by atoms with Crippen LogP contribution in [0.4, 0.5) is 5.95 Å². The summed E-state index contributed by atoms with van der Waals surface area (Å²) >= 11 is 0. The standard InChI is InChI=1S/C31H38N8O/c1-2-27-29-24-17-26(23-5-3-4-6-28(23)40)36-37-30(24)35-25(29)11-16-39(27)31-33-18-21(19-34-31)20-9-14-38(15-10-20)22-7-12-32-13-8-22/h3-6,17-20,22,27,32,40H,2,7-16H2,1H3,(H,35,37)/t27-/m0/s1. The summed E-state index contributed by atoms with van der Waals surface area (Å²) in [5.41, 5.74) is 5.87. The zero-order valence-electron chi connectivity index (χ0n) is 23.2. The molecule has 0 radical (unpaired) electrons. The quantitative estimate of drug-likeness (QED) is 0.340. The molecule has 3 N–H and O–H groups in total. The lowest BCUT2D eigenvalue weighted by molar-refractivity contribution is 0.127. The maximum atomic E-state index is 10.4. The molecule has 0 unspecified atom stereocenters. The summed E-state index contributed by atoms with van der Waals surface area (Å²) in [6, 6.07) is 10.2. The average molecular weight is 539 g/mol. The lowest BCUT2D eigenvalue weighted by Crippen LogP contribution is -2.46. The van der Waals surface area contributed by atoms with Gasteiger partial charge in [0.15, 0.2) is 5.65 Å². The van der Waals surface area contributed by atoms with Gasteiger partial charge < -0.3 is 25.2 Å². The molecular weight excluding hydrogens is 500 g/mol. The van der Waals surface area contributed by atoms with Crippen LogP contribution in [0.25, 0.3) is 22.3 Å². The van der Waals surface area contributed by atoms with Gasteiger partial charge in [0.1, 0.15) is 5.75 Å². The summed E-state index contributed by atoms with van der Waals surface area (Å²) in [5, 5.41) is 23.8. The Morgan fingerprint density at radius 1 is 0.975 bits per heavy atom. The first-order chi connectivity index (χ1) is 19.7. The maximum absolute atomic E-state index is 10.4. The van der Waals surface area contributed by atoms with E-state index in [1.807, 2.05) is 18.2 Å². The van der Waals surface area contributed by atoms with Crippen molar-refractivity contribution < 1.29 is 5.11 Å². The highest BCUT2D eigenvalue weighted by molar-refractivity contribution is 5.86. The number of aromatic hydroxyl groups is 1. The largest absolute Gasteiger partial charge is 0.507 e. The first-order valence-corrected chi connectivity index (χ1v) is 14.9. The number of H-pyrrole nitrogens is 1. The number of para-hydroxylation sites is 1. The molecule has 208 valence electrons. The Kier molecular flexibility index (Phi) is 6.85. The van der Waals surface area contributed by atoms with Crippen molar-refractivity contribution in [3.63, 3.8) is 0 Å². The highest BCUT2D eigenvalue weighted by Gasteiger charge is 2.32. The topological polar surface area (TPSA) is 106 Å². The van der Waals surface area contributed by atoms with E-state index >= 15 is 0 Å². The van der Waals surface area contributed by atoms with Crippen LogP contribution in [0, 0.1) is 0 Å². The third kappa shape index (κ3) is 4.61. The maximum Gasteiger partial charge on any atom is 0.225 e. The molecule has 3 aliphatic heterocycles. The van der Waals surface area contributed by atoms with E-state index in [4.69, 9.17) is 9.97 Å². The Morgan fingerprint density at radius 2 is 1.75 bits per heavy atom. The van der Waals surface area contributed by atoms with Gasteiger partial charge in [0.25, 0.3) is 0 Å². The van der Waals surface area contributed by atoms with Gasteiger partial charge >= 0.3 is 0 Å². The van der Waals surface area contributed by atoms with E-state index in [0.717, 1.165) is 55.5 Å². The van der Waals surface area contributed by atoms with Gasteiger partial charge in [-0.15, -0.1) is 10.2 Å². The fraction of sp³-hybridized carbons (Fsp3) is 0.484. The van der Waals surface area contributed by atoms with Gasteiger partial charge in [-0.05, 0) is 88.0 Å². The third-order valence-corrected chi connectivity index (χ3v) is 9.30. The second-order valence-corrected chi connectivity index (χ2v) is 11.5. The monoisotopic (exact) mass is 538 g/mol. The molecule has 0 amide bonds. The number of phenols is 1. The molecule has 40 heavy (non-hydrogen) atoms. The summed E-state index contributed by atoms with van der Waals surface area (Å²) in [7, 11) is 0. The average Bonchev–Trinajstić information content (AvgIpc) is 3.39. The van der Waals surface area contributed by atoms with Crippen LogP contribution >= 0.6 is 0 Å². The number of rotatable bonds is 5. The van der Waals surface area contributed by atoms with Gasteiger partial charge in [0.2, 0.25) is 5.95 Å². The molecule has 4 aromatic rings. The lowest BCUT2D eigenvalue weighted by Gasteiger charge is -2.39. The molecule has 6 heterocycles. The Bertz CT molecular complexity index is 1470. The van der Waals surface area contributed by atoms with Crippen molar-refractivity contribution in [2.24, 2.45) is 0 Å². The Labute approximate surface area is 235 Å². The summed E-state index contributed by atoms with van der Waals surface area (Å²) in [6.07, 6.45) is 10.9. The smallest absolute Gasteiger partial charge is 0.225 e. The van der Waals surface area contributed by atoms with Gasteiger partial charge in [-0.3, -0.25) is 0 Å². The molecule has 1 aromatic carbocycles. The highest BCUT2D eigenvalue weighted by Crippen LogP contribution is 2.40. The molecule has 2 fully saturated rings. The predicted octanol–water partition coefficient (Wildman–Crippen LogP) is 4.57.